The van der Waals surface area contributed by atoms with Crippen LogP contribution in [0.25, 0.3) is 22.0 Å². The zero-order valence-electron chi connectivity index (χ0n) is 15.2. The molecule has 3 heterocycles. The maximum atomic E-state index is 12.0. The van der Waals surface area contributed by atoms with Gasteiger partial charge >= 0.3 is 0 Å². The van der Waals surface area contributed by atoms with Crippen molar-refractivity contribution < 1.29 is 4.79 Å². The Morgan fingerprint density at radius 3 is 2.74 bits per heavy atom. The van der Waals surface area contributed by atoms with Crippen LogP contribution in [0.3, 0.4) is 0 Å². The number of benzene rings is 2. The van der Waals surface area contributed by atoms with E-state index < -0.39 is 0 Å². The van der Waals surface area contributed by atoms with Crippen molar-refractivity contribution in [1.82, 2.24) is 14.9 Å². The zero-order valence-corrected chi connectivity index (χ0v) is 15.2. The fraction of sp³-hybridized carbons (Fsp3) is 0.318. The van der Waals surface area contributed by atoms with Crippen molar-refractivity contribution in [3.05, 3.63) is 54.7 Å². The first kappa shape index (κ1) is 16.2. The van der Waals surface area contributed by atoms with Crippen molar-refractivity contribution in [2.75, 3.05) is 24.5 Å². The lowest BCUT2D eigenvalue weighted by atomic mass is 10.1. The van der Waals surface area contributed by atoms with Crippen LogP contribution >= 0.6 is 0 Å². The number of aromatic nitrogens is 2. The summed E-state index contributed by atoms with van der Waals surface area (Å²) in [5.41, 5.74) is 2.04. The average molecular weight is 358 g/mol. The lowest BCUT2D eigenvalue weighted by Crippen LogP contribution is -2.38. The van der Waals surface area contributed by atoms with Gasteiger partial charge in [0.15, 0.2) is 0 Å². The smallest absolute Gasteiger partial charge is 0.225 e. The summed E-state index contributed by atoms with van der Waals surface area (Å²) in [4.78, 5) is 25.6. The Bertz CT molecular complexity index is 1000. The van der Waals surface area contributed by atoms with E-state index in [1.807, 2.05) is 17.2 Å². The molecule has 0 saturated carbocycles. The van der Waals surface area contributed by atoms with Crippen LogP contribution in [0.5, 0.6) is 0 Å². The normalized spacial score (nSPS) is 20.0. The van der Waals surface area contributed by atoms with Gasteiger partial charge in [0.25, 0.3) is 0 Å². The molecule has 2 saturated heterocycles. The van der Waals surface area contributed by atoms with Gasteiger partial charge in [-0.3, -0.25) is 4.79 Å². The Labute approximate surface area is 158 Å². The van der Waals surface area contributed by atoms with Gasteiger partial charge in [-0.05, 0) is 35.7 Å². The van der Waals surface area contributed by atoms with Crippen LogP contribution in [-0.2, 0) is 4.79 Å². The van der Waals surface area contributed by atoms with Gasteiger partial charge in [0.1, 0.15) is 0 Å². The Hall–Kier alpha value is -2.95. The van der Waals surface area contributed by atoms with E-state index in [4.69, 9.17) is 4.98 Å². The van der Waals surface area contributed by atoms with Gasteiger partial charge in [-0.25, -0.2) is 9.97 Å². The van der Waals surface area contributed by atoms with E-state index in [2.05, 4.69) is 52.3 Å². The van der Waals surface area contributed by atoms with Crippen LogP contribution in [0.1, 0.15) is 19.3 Å². The molecule has 1 atom stereocenters. The van der Waals surface area contributed by atoms with Gasteiger partial charge in [0.05, 0.1) is 11.7 Å². The van der Waals surface area contributed by atoms with Crippen molar-refractivity contribution in [3.8, 4) is 11.3 Å². The van der Waals surface area contributed by atoms with E-state index in [0.29, 0.717) is 18.4 Å². The van der Waals surface area contributed by atoms with Crippen LogP contribution in [-0.4, -0.2) is 46.5 Å². The topological polar surface area (TPSA) is 49.3 Å². The maximum absolute atomic E-state index is 12.0. The van der Waals surface area contributed by atoms with Gasteiger partial charge < -0.3 is 9.80 Å². The highest BCUT2D eigenvalue weighted by Crippen LogP contribution is 2.27. The lowest BCUT2D eigenvalue weighted by molar-refractivity contribution is -0.129. The maximum Gasteiger partial charge on any atom is 0.225 e. The molecule has 2 aliphatic rings. The van der Waals surface area contributed by atoms with Gasteiger partial charge in [0, 0.05) is 37.8 Å². The fourth-order valence-electron chi connectivity index (χ4n) is 4.24. The number of nitrogens with zero attached hydrogens (tertiary/aromatic N) is 4. The molecule has 5 nitrogen and oxygen atoms in total. The molecule has 1 amide bonds. The molecule has 1 aromatic heterocycles. The van der Waals surface area contributed by atoms with E-state index >= 15 is 0 Å². The minimum atomic E-state index is 0.299. The Balaban J connectivity index is 1.39. The molecule has 3 aromatic rings. The summed E-state index contributed by atoms with van der Waals surface area (Å²) < 4.78 is 0. The standard InChI is InChI=1S/C22H22N4O/c27-21-6-3-12-26(21)19-10-13-25(15-19)22-23-11-9-20(24-22)18-8-7-16-4-1-2-5-17(16)14-18/h1-2,4-5,7-9,11,14,19H,3,6,10,12-13,15H2/t19-/m0/s1. The van der Waals surface area contributed by atoms with Gasteiger partial charge in [0.2, 0.25) is 11.9 Å². The number of carbonyl (C=O) groups is 1. The number of likely N-dealkylation sites (tertiary alicyclic amines) is 1. The minimum absolute atomic E-state index is 0.299. The van der Waals surface area contributed by atoms with Crippen LogP contribution in [0.4, 0.5) is 5.95 Å². The molecular weight excluding hydrogens is 336 g/mol. The van der Waals surface area contributed by atoms with E-state index in [1.54, 1.807) is 0 Å². The summed E-state index contributed by atoms with van der Waals surface area (Å²) in [5, 5.41) is 2.44. The average Bonchev–Trinajstić information content (AvgIpc) is 3.36. The zero-order chi connectivity index (χ0) is 18.2. The van der Waals surface area contributed by atoms with Crippen LogP contribution in [0, 0.1) is 0 Å². The second-order valence-electron chi connectivity index (χ2n) is 7.38. The van der Waals surface area contributed by atoms with Crippen molar-refractivity contribution >= 4 is 22.6 Å². The highest BCUT2D eigenvalue weighted by Gasteiger charge is 2.33. The third kappa shape index (κ3) is 3.03. The van der Waals surface area contributed by atoms with E-state index in [-0.39, 0.29) is 0 Å². The van der Waals surface area contributed by atoms with Crippen molar-refractivity contribution in [2.24, 2.45) is 0 Å². The number of amides is 1. The predicted molar refractivity (Wildman–Crippen MR) is 107 cm³/mol. The lowest BCUT2D eigenvalue weighted by Gasteiger charge is -2.24. The van der Waals surface area contributed by atoms with Gasteiger partial charge in [-0.15, -0.1) is 0 Å². The first-order valence-corrected chi connectivity index (χ1v) is 9.64. The van der Waals surface area contributed by atoms with Gasteiger partial charge in [-0.2, -0.15) is 0 Å². The molecule has 2 aliphatic heterocycles. The number of hydrogen-bond acceptors (Lipinski definition) is 4. The third-order valence-electron chi connectivity index (χ3n) is 5.69. The summed E-state index contributed by atoms with van der Waals surface area (Å²) in [6.45, 7) is 2.62. The fourth-order valence-corrected chi connectivity index (χ4v) is 4.24. The van der Waals surface area contributed by atoms with E-state index in [9.17, 15) is 4.79 Å². The van der Waals surface area contributed by atoms with E-state index in [0.717, 1.165) is 49.7 Å². The first-order valence-electron chi connectivity index (χ1n) is 9.64. The van der Waals surface area contributed by atoms with Crippen LogP contribution < -0.4 is 4.90 Å². The highest BCUT2D eigenvalue weighted by atomic mass is 16.2. The monoisotopic (exact) mass is 358 g/mol. The highest BCUT2D eigenvalue weighted by molar-refractivity contribution is 5.86. The second kappa shape index (κ2) is 6.65. The number of fused-ring (bicyclic) bond motifs is 1. The Kier molecular flexibility index (Phi) is 4.00. The molecule has 0 unspecified atom stereocenters. The SMILES string of the molecule is O=C1CCCN1[C@H]1CCN(c2nccc(-c3ccc4ccccc4c3)n2)C1. The Morgan fingerprint density at radius 1 is 1.00 bits per heavy atom. The first-order chi connectivity index (χ1) is 13.3. The number of hydrogen-bond donors (Lipinski definition) is 0. The van der Waals surface area contributed by atoms with Crippen molar-refractivity contribution in [1.29, 1.82) is 0 Å². The number of anilines is 1. The molecule has 5 rings (SSSR count). The molecular formula is C22H22N4O. The van der Waals surface area contributed by atoms with E-state index in [1.165, 1.54) is 10.8 Å². The summed E-state index contributed by atoms with van der Waals surface area (Å²) in [7, 11) is 0. The van der Waals surface area contributed by atoms with Gasteiger partial charge in [-0.1, -0.05) is 36.4 Å². The largest absolute Gasteiger partial charge is 0.339 e. The molecule has 0 bridgehead atoms. The molecule has 0 spiro atoms. The minimum Gasteiger partial charge on any atom is -0.339 e. The molecule has 136 valence electrons. The summed E-state index contributed by atoms with van der Waals surface area (Å²) in [5.74, 6) is 1.06. The van der Waals surface area contributed by atoms with Crippen molar-refractivity contribution in [2.45, 2.75) is 25.3 Å². The molecule has 5 heteroatoms. The van der Waals surface area contributed by atoms with Crippen molar-refractivity contribution in [3.63, 3.8) is 0 Å². The molecule has 0 radical (unpaired) electrons. The quantitative estimate of drug-likeness (QED) is 0.719. The predicted octanol–water partition coefficient (Wildman–Crippen LogP) is 3.50. The number of carbonyl (C=O) groups excluding carboxylic acids is 1. The molecule has 0 aliphatic carbocycles. The van der Waals surface area contributed by atoms with Crippen LogP contribution in [0.2, 0.25) is 0 Å². The molecule has 0 N–H and O–H groups in total. The molecule has 27 heavy (non-hydrogen) atoms. The Morgan fingerprint density at radius 2 is 1.89 bits per heavy atom. The third-order valence-corrected chi connectivity index (χ3v) is 5.69. The summed E-state index contributed by atoms with van der Waals surface area (Å²) in [6, 6.07) is 17.0. The number of rotatable bonds is 3. The molecule has 2 fully saturated rings. The second-order valence-corrected chi connectivity index (χ2v) is 7.38. The summed E-state index contributed by atoms with van der Waals surface area (Å²) in [6.07, 6.45) is 4.52. The van der Waals surface area contributed by atoms with Crippen LogP contribution in [0.15, 0.2) is 54.7 Å². The molecule has 2 aromatic carbocycles. The summed E-state index contributed by atoms with van der Waals surface area (Å²) >= 11 is 0.